The van der Waals surface area contributed by atoms with Crippen molar-refractivity contribution in [2.75, 3.05) is 44.6 Å². The second kappa shape index (κ2) is 9.30. The van der Waals surface area contributed by atoms with Crippen molar-refractivity contribution in [1.29, 1.82) is 0 Å². The number of halogens is 1. The maximum absolute atomic E-state index is 12.2. The SMILES string of the molecule is CC(C)(C)NC(=O)CN1CCCN(CC(=O)Nc2cccnc2Cl)CC1. The first-order valence-electron chi connectivity index (χ1n) is 8.89. The third-order valence-electron chi connectivity index (χ3n) is 3.96. The zero-order chi connectivity index (χ0) is 19.2. The molecule has 0 radical (unpaired) electrons. The van der Waals surface area contributed by atoms with Crippen molar-refractivity contribution in [1.82, 2.24) is 20.1 Å². The number of amides is 2. The predicted molar refractivity (Wildman–Crippen MR) is 103 cm³/mol. The molecule has 1 aromatic heterocycles. The molecule has 2 N–H and O–H groups in total. The standard InChI is InChI=1S/C18H28ClN5O2/c1-18(2,3)22-16(26)13-24-9-5-8-23(10-11-24)12-15(25)21-14-6-4-7-20-17(14)19/h4,6-7H,5,8-13H2,1-3H3,(H,21,25)(H,22,26). The van der Waals surface area contributed by atoms with Gasteiger partial charge in [-0.2, -0.15) is 0 Å². The monoisotopic (exact) mass is 381 g/mol. The highest BCUT2D eigenvalue weighted by Gasteiger charge is 2.21. The van der Waals surface area contributed by atoms with Crippen LogP contribution in [0.25, 0.3) is 0 Å². The van der Waals surface area contributed by atoms with Crippen molar-refractivity contribution in [3.63, 3.8) is 0 Å². The highest BCUT2D eigenvalue weighted by molar-refractivity contribution is 6.32. The van der Waals surface area contributed by atoms with Crippen LogP contribution in [0, 0.1) is 0 Å². The number of rotatable bonds is 5. The zero-order valence-electron chi connectivity index (χ0n) is 15.7. The van der Waals surface area contributed by atoms with Crippen molar-refractivity contribution in [3.05, 3.63) is 23.5 Å². The van der Waals surface area contributed by atoms with E-state index >= 15 is 0 Å². The second-order valence-electron chi connectivity index (χ2n) is 7.59. The lowest BCUT2D eigenvalue weighted by molar-refractivity contribution is -0.123. The number of anilines is 1. The van der Waals surface area contributed by atoms with Gasteiger partial charge < -0.3 is 10.6 Å². The van der Waals surface area contributed by atoms with E-state index in [1.807, 2.05) is 20.8 Å². The predicted octanol–water partition coefficient (Wildman–Crippen LogP) is 1.60. The van der Waals surface area contributed by atoms with Gasteiger partial charge in [-0.15, -0.1) is 0 Å². The summed E-state index contributed by atoms with van der Waals surface area (Å²) >= 11 is 5.97. The Morgan fingerprint density at radius 1 is 1.12 bits per heavy atom. The van der Waals surface area contributed by atoms with Crippen molar-refractivity contribution in [2.24, 2.45) is 0 Å². The number of nitrogens with zero attached hydrogens (tertiary/aromatic N) is 3. The van der Waals surface area contributed by atoms with Gasteiger partial charge in [0, 0.05) is 24.8 Å². The average Bonchev–Trinajstić information content (AvgIpc) is 2.73. The maximum Gasteiger partial charge on any atom is 0.238 e. The highest BCUT2D eigenvalue weighted by atomic mass is 35.5. The Balaban J connectivity index is 1.78. The highest BCUT2D eigenvalue weighted by Crippen LogP contribution is 2.17. The minimum absolute atomic E-state index is 0.0370. The van der Waals surface area contributed by atoms with Gasteiger partial charge in [-0.05, 0) is 52.4 Å². The van der Waals surface area contributed by atoms with Gasteiger partial charge >= 0.3 is 0 Å². The topological polar surface area (TPSA) is 77.6 Å². The molecular formula is C18H28ClN5O2. The van der Waals surface area contributed by atoms with Crippen molar-refractivity contribution >= 4 is 29.1 Å². The second-order valence-corrected chi connectivity index (χ2v) is 7.95. The molecule has 1 aromatic rings. The van der Waals surface area contributed by atoms with Crippen LogP contribution in [0.5, 0.6) is 0 Å². The first-order valence-corrected chi connectivity index (χ1v) is 9.27. The number of carbonyl (C=O) groups excluding carboxylic acids is 2. The van der Waals surface area contributed by atoms with Gasteiger partial charge in [-0.1, -0.05) is 11.6 Å². The van der Waals surface area contributed by atoms with Crippen LogP contribution in [0.4, 0.5) is 5.69 Å². The van der Waals surface area contributed by atoms with Gasteiger partial charge in [-0.25, -0.2) is 4.98 Å². The van der Waals surface area contributed by atoms with Crippen LogP contribution in [0.1, 0.15) is 27.2 Å². The van der Waals surface area contributed by atoms with E-state index in [2.05, 4.69) is 25.4 Å². The smallest absolute Gasteiger partial charge is 0.238 e. The summed E-state index contributed by atoms with van der Waals surface area (Å²) in [5.74, 6) is -0.0752. The van der Waals surface area contributed by atoms with Gasteiger partial charge in [0.2, 0.25) is 11.8 Å². The van der Waals surface area contributed by atoms with E-state index in [0.29, 0.717) is 18.8 Å². The quantitative estimate of drug-likeness (QED) is 0.757. The van der Waals surface area contributed by atoms with E-state index in [-0.39, 0.29) is 22.5 Å². The molecule has 7 nitrogen and oxygen atoms in total. The summed E-state index contributed by atoms with van der Waals surface area (Å²) in [7, 11) is 0. The van der Waals surface area contributed by atoms with Gasteiger partial charge in [0.1, 0.15) is 0 Å². The Labute approximate surface area is 160 Å². The Kier molecular flexibility index (Phi) is 7.37. The van der Waals surface area contributed by atoms with Crippen LogP contribution < -0.4 is 10.6 Å². The van der Waals surface area contributed by atoms with Crippen molar-refractivity contribution in [3.8, 4) is 0 Å². The lowest BCUT2D eigenvalue weighted by atomic mass is 10.1. The van der Waals surface area contributed by atoms with Crippen LogP contribution >= 0.6 is 11.6 Å². The summed E-state index contributed by atoms with van der Waals surface area (Å²) in [4.78, 5) is 32.5. The van der Waals surface area contributed by atoms with Crippen LogP contribution in [0.3, 0.4) is 0 Å². The van der Waals surface area contributed by atoms with Crippen LogP contribution in [-0.2, 0) is 9.59 Å². The first-order chi connectivity index (χ1) is 12.2. The number of carbonyl (C=O) groups is 2. The molecule has 0 aliphatic carbocycles. The fourth-order valence-electron chi connectivity index (χ4n) is 2.87. The molecule has 0 saturated carbocycles. The van der Waals surface area contributed by atoms with Crippen LogP contribution in [-0.4, -0.2) is 71.4 Å². The summed E-state index contributed by atoms with van der Waals surface area (Å²) in [5.41, 5.74) is 0.301. The fourth-order valence-corrected chi connectivity index (χ4v) is 3.04. The summed E-state index contributed by atoms with van der Waals surface area (Å²) in [5, 5.41) is 6.07. The molecule has 2 amide bonds. The summed E-state index contributed by atoms with van der Waals surface area (Å²) in [6.45, 7) is 9.80. The molecular weight excluding hydrogens is 354 g/mol. The minimum atomic E-state index is -0.222. The average molecular weight is 382 g/mol. The third-order valence-corrected chi connectivity index (χ3v) is 4.26. The molecule has 0 unspecified atom stereocenters. The molecule has 2 heterocycles. The van der Waals surface area contributed by atoms with Gasteiger partial charge in [0.15, 0.2) is 5.15 Å². The first kappa shape index (κ1) is 20.6. The molecule has 144 valence electrons. The molecule has 2 rings (SSSR count). The van der Waals surface area contributed by atoms with Crippen molar-refractivity contribution < 1.29 is 9.59 Å². The van der Waals surface area contributed by atoms with Gasteiger partial charge in [0.25, 0.3) is 0 Å². The lowest BCUT2D eigenvalue weighted by Crippen LogP contribution is -2.46. The van der Waals surface area contributed by atoms with Crippen molar-refractivity contribution in [2.45, 2.75) is 32.7 Å². The fraction of sp³-hybridized carbons (Fsp3) is 0.611. The largest absolute Gasteiger partial charge is 0.350 e. The van der Waals surface area contributed by atoms with Crippen LogP contribution in [0.15, 0.2) is 18.3 Å². The minimum Gasteiger partial charge on any atom is -0.350 e. The van der Waals surface area contributed by atoms with E-state index in [1.165, 1.54) is 0 Å². The van der Waals surface area contributed by atoms with E-state index in [1.54, 1.807) is 18.3 Å². The number of nitrogens with one attached hydrogen (secondary N) is 2. The maximum atomic E-state index is 12.2. The van der Waals surface area contributed by atoms with Gasteiger partial charge in [0.05, 0.1) is 18.8 Å². The summed E-state index contributed by atoms with van der Waals surface area (Å²) in [6, 6.07) is 3.46. The number of hydrogen-bond acceptors (Lipinski definition) is 5. The zero-order valence-corrected chi connectivity index (χ0v) is 16.5. The Bertz CT molecular complexity index is 632. The molecule has 8 heteroatoms. The molecule has 1 saturated heterocycles. The Morgan fingerprint density at radius 3 is 2.31 bits per heavy atom. The lowest BCUT2D eigenvalue weighted by Gasteiger charge is -2.25. The van der Waals surface area contributed by atoms with E-state index in [9.17, 15) is 9.59 Å². The van der Waals surface area contributed by atoms with Gasteiger partial charge in [-0.3, -0.25) is 19.4 Å². The third kappa shape index (κ3) is 7.27. The number of aromatic nitrogens is 1. The summed E-state index contributed by atoms with van der Waals surface area (Å²) in [6.07, 6.45) is 2.50. The molecule has 0 atom stereocenters. The van der Waals surface area contributed by atoms with Crippen LogP contribution in [0.2, 0.25) is 5.15 Å². The molecule has 0 spiro atoms. The number of hydrogen-bond donors (Lipinski definition) is 2. The normalized spacial score (nSPS) is 16.8. The Morgan fingerprint density at radius 2 is 1.73 bits per heavy atom. The number of pyridine rings is 1. The molecule has 1 aliphatic rings. The molecule has 0 aromatic carbocycles. The molecule has 1 aliphatic heterocycles. The molecule has 1 fully saturated rings. The Hall–Kier alpha value is -1.70. The molecule has 26 heavy (non-hydrogen) atoms. The summed E-state index contributed by atoms with van der Waals surface area (Å²) < 4.78 is 0. The van der Waals surface area contributed by atoms with E-state index < -0.39 is 0 Å². The van der Waals surface area contributed by atoms with E-state index in [4.69, 9.17) is 11.6 Å². The molecule has 0 bridgehead atoms. The van der Waals surface area contributed by atoms with E-state index in [0.717, 1.165) is 32.6 Å².